The van der Waals surface area contributed by atoms with E-state index in [-0.39, 0.29) is 28.5 Å². The summed E-state index contributed by atoms with van der Waals surface area (Å²) in [5.74, 6) is -0.631. The molecule has 3 aromatic rings. The minimum atomic E-state index is -0.710. The van der Waals surface area contributed by atoms with Crippen molar-refractivity contribution in [3.05, 3.63) is 66.7 Å². The summed E-state index contributed by atoms with van der Waals surface area (Å²) in [5, 5.41) is 16.3. The van der Waals surface area contributed by atoms with Crippen LogP contribution in [0.2, 0.25) is 0 Å². The van der Waals surface area contributed by atoms with Crippen molar-refractivity contribution in [1.29, 1.82) is 0 Å². The van der Waals surface area contributed by atoms with E-state index >= 15 is 0 Å². The van der Waals surface area contributed by atoms with E-state index in [0.717, 1.165) is 4.47 Å². The topological polar surface area (TPSA) is 135 Å². The third kappa shape index (κ3) is 5.22. The molecule has 0 fully saturated rings. The number of benzene rings is 2. The van der Waals surface area contributed by atoms with Crippen molar-refractivity contribution in [1.82, 2.24) is 9.66 Å². The number of methoxy groups -OCH3 is 2. The van der Waals surface area contributed by atoms with Crippen LogP contribution in [0.1, 0.15) is 31.2 Å². The number of hydrogen-bond donors (Lipinski definition) is 0. The number of nitro groups is 1. The number of hydrogen-bond acceptors (Lipinski definition) is 9. The second-order valence-corrected chi connectivity index (χ2v) is 8.26. The number of fused-ring (bicyclic) bond motifs is 1. The van der Waals surface area contributed by atoms with Crippen LogP contribution in [0.3, 0.4) is 0 Å². The van der Waals surface area contributed by atoms with Crippen molar-refractivity contribution in [2.75, 3.05) is 20.8 Å². The van der Waals surface area contributed by atoms with Crippen molar-refractivity contribution in [2.24, 2.45) is 5.10 Å². The van der Waals surface area contributed by atoms with Gasteiger partial charge in [-0.3, -0.25) is 14.9 Å². The fourth-order valence-electron chi connectivity index (χ4n) is 3.08. The molecule has 1 aromatic heterocycles. The molecule has 1 heterocycles. The van der Waals surface area contributed by atoms with Crippen LogP contribution in [0, 0.1) is 10.1 Å². The van der Waals surface area contributed by atoms with Crippen LogP contribution >= 0.6 is 15.9 Å². The second kappa shape index (κ2) is 10.4. The number of carbonyl (C=O) groups is 1. The van der Waals surface area contributed by atoms with Gasteiger partial charge in [0.15, 0.2) is 12.4 Å². The molecular weight excluding hydrogens is 512 g/mol. The molecule has 0 spiro atoms. The Morgan fingerprint density at radius 2 is 2.03 bits per heavy atom. The highest BCUT2D eigenvalue weighted by Gasteiger charge is 2.23. The molecule has 178 valence electrons. The van der Waals surface area contributed by atoms with Gasteiger partial charge >= 0.3 is 11.7 Å². The number of nitrogens with zero attached hydrogens (tertiary/aromatic N) is 4. The Kier molecular flexibility index (Phi) is 7.61. The van der Waals surface area contributed by atoms with Gasteiger partial charge in [-0.1, -0.05) is 29.8 Å². The minimum absolute atomic E-state index is 0.0107. The standard InChI is InChI=1S/C22H21BrN4O7/c1-12(2)21-25-16-6-5-14(23)9-15(16)22(29)26(21)24-10-13-7-17(27(30)31)20(18(8-13)32-3)34-11-19(28)33-4/h5-10,12H,11H2,1-4H3. The zero-order chi connectivity index (χ0) is 25.0. The molecule has 0 aliphatic heterocycles. The summed E-state index contributed by atoms with van der Waals surface area (Å²) in [4.78, 5) is 40.1. The molecule has 34 heavy (non-hydrogen) atoms. The van der Waals surface area contributed by atoms with Gasteiger partial charge in [0.1, 0.15) is 5.82 Å². The molecule has 11 nitrogen and oxygen atoms in total. The highest BCUT2D eigenvalue weighted by atomic mass is 79.9. The van der Waals surface area contributed by atoms with Gasteiger partial charge in [-0.2, -0.15) is 9.78 Å². The SMILES string of the molecule is COC(=O)COc1c(OC)cc(C=Nn2c(C(C)C)nc3ccc(Br)cc3c2=O)cc1[N+](=O)[O-]. The van der Waals surface area contributed by atoms with Crippen LogP contribution in [0.15, 0.2) is 44.7 Å². The molecular formula is C22H21BrN4O7. The van der Waals surface area contributed by atoms with Gasteiger partial charge < -0.3 is 14.2 Å². The fourth-order valence-corrected chi connectivity index (χ4v) is 3.44. The van der Waals surface area contributed by atoms with E-state index in [4.69, 9.17) is 9.47 Å². The smallest absolute Gasteiger partial charge is 0.343 e. The van der Waals surface area contributed by atoms with Crippen LogP contribution in [0.4, 0.5) is 5.69 Å². The van der Waals surface area contributed by atoms with E-state index in [1.54, 1.807) is 18.2 Å². The maximum atomic E-state index is 13.1. The number of aromatic nitrogens is 2. The van der Waals surface area contributed by atoms with Gasteiger partial charge in [0.25, 0.3) is 5.56 Å². The summed E-state index contributed by atoms with van der Waals surface area (Å²) < 4.78 is 16.9. The van der Waals surface area contributed by atoms with E-state index < -0.39 is 23.2 Å². The van der Waals surface area contributed by atoms with Gasteiger partial charge in [0, 0.05) is 22.0 Å². The maximum absolute atomic E-state index is 13.1. The van der Waals surface area contributed by atoms with Gasteiger partial charge in [-0.05, 0) is 24.3 Å². The third-order valence-corrected chi connectivity index (χ3v) is 5.20. The van der Waals surface area contributed by atoms with Crippen molar-refractivity contribution >= 4 is 44.7 Å². The number of ether oxygens (including phenoxy) is 3. The first-order chi connectivity index (χ1) is 16.2. The Labute approximate surface area is 202 Å². The van der Waals surface area contributed by atoms with Crippen LogP contribution in [0.25, 0.3) is 10.9 Å². The molecule has 0 atom stereocenters. The Morgan fingerprint density at radius 1 is 1.29 bits per heavy atom. The molecule has 0 saturated carbocycles. The van der Waals surface area contributed by atoms with Crippen molar-refractivity contribution < 1.29 is 23.9 Å². The highest BCUT2D eigenvalue weighted by Crippen LogP contribution is 2.38. The largest absolute Gasteiger partial charge is 0.493 e. The molecule has 2 aromatic carbocycles. The summed E-state index contributed by atoms with van der Waals surface area (Å²) in [5.41, 5.74) is -0.0230. The number of halogens is 1. The van der Waals surface area contributed by atoms with Gasteiger partial charge in [0.05, 0.1) is 36.3 Å². The normalized spacial score (nSPS) is 11.2. The maximum Gasteiger partial charge on any atom is 0.343 e. The first-order valence-electron chi connectivity index (χ1n) is 9.98. The Hall–Kier alpha value is -3.80. The summed E-state index contributed by atoms with van der Waals surface area (Å²) in [7, 11) is 2.47. The first kappa shape index (κ1) is 24.8. The van der Waals surface area contributed by atoms with Crippen molar-refractivity contribution in [3.8, 4) is 11.5 Å². The summed E-state index contributed by atoms with van der Waals surface area (Å²) in [6.45, 7) is 3.21. The summed E-state index contributed by atoms with van der Waals surface area (Å²) in [6, 6.07) is 7.82. The molecule has 0 bridgehead atoms. The molecule has 0 amide bonds. The average Bonchev–Trinajstić information content (AvgIpc) is 2.81. The molecule has 0 N–H and O–H groups in total. The monoisotopic (exact) mass is 532 g/mol. The van der Waals surface area contributed by atoms with Crippen molar-refractivity contribution in [2.45, 2.75) is 19.8 Å². The fraction of sp³-hybridized carbons (Fsp3) is 0.273. The third-order valence-electron chi connectivity index (χ3n) is 4.71. The van der Waals surface area contributed by atoms with Gasteiger partial charge in [0.2, 0.25) is 5.75 Å². The minimum Gasteiger partial charge on any atom is -0.493 e. The number of rotatable bonds is 8. The molecule has 3 rings (SSSR count). The zero-order valence-electron chi connectivity index (χ0n) is 18.8. The lowest BCUT2D eigenvalue weighted by Gasteiger charge is -2.13. The van der Waals surface area contributed by atoms with E-state index in [1.165, 1.54) is 37.2 Å². The van der Waals surface area contributed by atoms with Gasteiger partial charge in [-0.15, -0.1) is 0 Å². The van der Waals surface area contributed by atoms with E-state index in [2.05, 4.69) is 30.8 Å². The lowest BCUT2D eigenvalue weighted by Crippen LogP contribution is -2.23. The molecule has 12 heteroatoms. The molecule has 0 unspecified atom stereocenters. The molecule has 0 radical (unpaired) electrons. The van der Waals surface area contributed by atoms with Crippen LogP contribution in [0.5, 0.6) is 11.5 Å². The van der Waals surface area contributed by atoms with E-state index in [0.29, 0.717) is 16.7 Å². The number of esters is 1. The highest BCUT2D eigenvalue weighted by molar-refractivity contribution is 9.10. The number of carbonyl (C=O) groups excluding carboxylic acids is 1. The molecule has 0 aliphatic carbocycles. The molecule has 0 aliphatic rings. The van der Waals surface area contributed by atoms with E-state index in [9.17, 15) is 19.7 Å². The predicted molar refractivity (Wildman–Crippen MR) is 128 cm³/mol. The van der Waals surface area contributed by atoms with Crippen molar-refractivity contribution in [3.63, 3.8) is 0 Å². The first-order valence-corrected chi connectivity index (χ1v) is 10.8. The summed E-state index contributed by atoms with van der Waals surface area (Å²) >= 11 is 3.35. The predicted octanol–water partition coefficient (Wildman–Crippen LogP) is 3.63. The Bertz CT molecular complexity index is 1350. The Morgan fingerprint density at radius 3 is 2.65 bits per heavy atom. The Balaban J connectivity index is 2.12. The number of nitro benzene ring substituents is 1. The average molecular weight is 533 g/mol. The molecule has 0 saturated heterocycles. The second-order valence-electron chi connectivity index (χ2n) is 7.34. The summed E-state index contributed by atoms with van der Waals surface area (Å²) in [6.07, 6.45) is 1.29. The zero-order valence-corrected chi connectivity index (χ0v) is 20.4. The lowest BCUT2D eigenvalue weighted by atomic mass is 10.1. The van der Waals surface area contributed by atoms with Crippen LogP contribution in [-0.4, -0.2) is 47.6 Å². The van der Waals surface area contributed by atoms with Crippen LogP contribution in [-0.2, 0) is 9.53 Å². The van der Waals surface area contributed by atoms with E-state index in [1.807, 2.05) is 13.8 Å². The van der Waals surface area contributed by atoms with Gasteiger partial charge in [-0.25, -0.2) is 9.78 Å². The lowest BCUT2D eigenvalue weighted by molar-refractivity contribution is -0.385. The quantitative estimate of drug-likeness (QED) is 0.185. The van der Waals surface area contributed by atoms with Crippen LogP contribution < -0.4 is 15.0 Å².